The first-order valence-corrected chi connectivity index (χ1v) is 7.46. The van der Waals surface area contributed by atoms with E-state index in [1.165, 1.54) is 0 Å². The second-order valence-electron chi connectivity index (χ2n) is 6.13. The zero-order valence-corrected chi connectivity index (χ0v) is 12.0. The third-order valence-corrected chi connectivity index (χ3v) is 4.84. The molecule has 19 heavy (non-hydrogen) atoms. The van der Waals surface area contributed by atoms with Crippen molar-refractivity contribution in [3.63, 3.8) is 0 Å². The summed E-state index contributed by atoms with van der Waals surface area (Å²) in [5.41, 5.74) is 5.84. The number of aliphatic hydroxyl groups excluding tert-OH is 1. The van der Waals surface area contributed by atoms with Crippen LogP contribution in [0.4, 0.5) is 0 Å². The number of rotatable bonds is 3. The summed E-state index contributed by atoms with van der Waals surface area (Å²) in [5, 5.41) is 8.93. The average Bonchev–Trinajstić information content (AvgIpc) is 2.43. The molecule has 0 radical (unpaired) electrons. The fraction of sp³-hybridized carbons (Fsp3) is 0.929. The van der Waals surface area contributed by atoms with E-state index in [1.807, 2.05) is 11.8 Å². The SMILES string of the molecule is CC1(C(=O)N2CCN(CCO)CC2)CCCCC1N. The highest BCUT2D eigenvalue weighted by Crippen LogP contribution is 2.36. The molecule has 1 aliphatic heterocycles. The Labute approximate surface area is 115 Å². The first-order chi connectivity index (χ1) is 9.08. The first kappa shape index (κ1) is 14.8. The summed E-state index contributed by atoms with van der Waals surface area (Å²) in [5.74, 6) is 0.239. The fourth-order valence-electron chi connectivity index (χ4n) is 3.30. The van der Waals surface area contributed by atoms with Gasteiger partial charge >= 0.3 is 0 Å². The van der Waals surface area contributed by atoms with Crippen LogP contribution < -0.4 is 5.73 Å². The molecular formula is C14H27N3O2. The minimum absolute atomic E-state index is 0.00391. The molecule has 0 aromatic carbocycles. The molecule has 2 unspecified atom stereocenters. The number of hydrogen-bond donors (Lipinski definition) is 2. The lowest BCUT2D eigenvalue weighted by Gasteiger charge is -2.44. The Morgan fingerprint density at radius 1 is 1.32 bits per heavy atom. The predicted molar refractivity (Wildman–Crippen MR) is 74.7 cm³/mol. The number of piperazine rings is 1. The molecule has 0 bridgehead atoms. The Kier molecular flexibility index (Phi) is 4.81. The molecule has 2 aliphatic rings. The second kappa shape index (κ2) is 6.20. The van der Waals surface area contributed by atoms with Gasteiger partial charge in [0.1, 0.15) is 0 Å². The van der Waals surface area contributed by atoms with Gasteiger partial charge in [-0.2, -0.15) is 0 Å². The van der Waals surface area contributed by atoms with Crippen molar-refractivity contribution in [3.05, 3.63) is 0 Å². The van der Waals surface area contributed by atoms with E-state index >= 15 is 0 Å². The van der Waals surface area contributed by atoms with Crippen LogP contribution in [0.1, 0.15) is 32.6 Å². The molecule has 1 saturated carbocycles. The van der Waals surface area contributed by atoms with Crippen molar-refractivity contribution >= 4 is 5.91 Å². The highest BCUT2D eigenvalue weighted by atomic mass is 16.3. The molecule has 0 aromatic rings. The number of amides is 1. The quantitative estimate of drug-likeness (QED) is 0.758. The number of carbonyl (C=O) groups excluding carboxylic acids is 1. The van der Waals surface area contributed by atoms with Crippen LogP contribution in [-0.2, 0) is 4.79 Å². The summed E-state index contributed by atoms with van der Waals surface area (Å²) >= 11 is 0. The number of carbonyl (C=O) groups is 1. The van der Waals surface area contributed by atoms with Crippen LogP contribution in [0.15, 0.2) is 0 Å². The maximum absolute atomic E-state index is 12.7. The largest absolute Gasteiger partial charge is 0.395 e. The normalized spacial score (nSPS) is 33.4. The van der Waals surface area contributed by atoms with Crippen molar-refractivity contribution in [1.29, 1.82) is 0 Å². The molecule has 2 fully saturated rings. The lowest BCUT2D eigenvalue weighted by molar-refractivity contribution is -0.146. The van der Waals surface area contributed by atoms with Gasteiger partial charge in [0.15, 0.2) is 0 Å². The minimum atomic E-state index is -0.364. The summed E-state index contributed by atoms with van der Waals surface area (Å²) in [6.07, 6.45) is 4.14. The van der Waals surface area contributed by atoms with Gasteiger partial charge in [0, 0.05) is 38.8 Å². The van der Waals surface area contributed by atoms with E-state index in [4.69, 9.17) is 10.8 Å². The van der Waals surface area contributed by atoms with Crippen molar-refractivity contribution in [2.24, 2.45) is 11.1 Å². The Balaban J connectivity index is 1.93. The van der Waals surface area contributed by atoms with E-state index in [-0.39, 0.29) is 24.0 Å². The number of aliphatic hydroxyl groups is 1. The molecule has 2 rings (SSSR count). The topological polar surface area (TPSA) is 69.8 Å². The van der Waals surface area contributed by atoms with Gasteiger partial charge in [-0.3, -0.25) is 9.69 Å². The molecule has 0 aromatic heterocycles. The summed E-state index contributed by atoms with van der Waals surface area (Å²) < 4.78 is 0. The molecule has 3 N–H and O–H groups in total. The minimum Gasteiger partial charge on any atom is -0.395 e. The molecule has 0 spiro atoms. The Morgan fingerprint density at radius 2 is 2.00 bits per heavy atom. The molecular weight excluding hydrogens is 242 g/mol. The number of β-amino-alcohol motifs (C(OH)–C–C–N with tert-alkyl or cyclic N) is 1. The van der Waals surface area contributed by atoms with Crippen LogP contribution in [0.5, 0.6) is 0 Å². The molecule has 2 atom stereocenters. The lowest BCUT2D eigenvalue weighted by Crippen LogP contribution is -2.57. The molecule has 1 aliphatic carbocycles. The van der Waals surface area contributed by atoms with Gasteiger partial charge in [0.25, 0.3) is 0 Å². The summed E-state index contributed by atoms with van der Waals surface area (Å²) in [6, 6.07) is 0.00391. The lowest BCUT2D eigenvalue weighted by atomic mass is 9.71. The maximum Gasteiger partial charge on any atom is 0.230 e. The third kappa shape index (κ3) is 3.09. The van der Waals surface area contributed by atoms with Crippen LogP contribution in [-0.4, -0.2) is 66.2 Å². The smallest absolute Gasteiger partial charge is 0.230 e. The number of nitrogens with two attached hydrogens (primary N) is 1. The Bertz CT molecular complexity index is 316. The van der Waals surface area contributed by atoms with Crippen LogP contribution in [0, 0.1) is 5.41 Å². The van der Waals surface area contributed by atoms with Gasteiger partial charge in [-0.1, -0.05) is 12.8 Å². The maximum atomic E-state index is 12.7. The standard InChI is InChI=1S/C14H27N3O2/c1-14(5-3-2-4-12(14)15)13(19)17-8-6-16(7-9-17)10-11-18/h12,18H,2-11,15H2,1H3. The monoisotopic (exact) mass is 269 g/mol. The van der Waals surface area contributed by atoms with Crippen molar-refractivity contribution < 1.29 is 9.90 Å². The van der Waals surface area contributed by atoms with E-state index in [1.54, 1.807) is 0 Å². The molecule has 1 heterocycles. The van der Waals surface area contributed by atoms with E-state index < -0.39 is 0 Å². The van der Waals surface area contributed by atoms with Gasteiger partial charge in [-0.25, -0.2) is 0 Å². The molecule has 5 nitrogen and oxygen atoms in total. The zero-order valence-electron chi connectivity index (χ0n) is 12.0. The molecule has 1 saturated heterocycles. The van der Waals surface area contributed by atoms with E-state index in [0.717, 1.165) is 51.9 Å². The summed E-state index contributed by atoms with van der Waals surface area (Å²) in [7, 11) is 0. The third-order valence-electron chi connectivity index (χ3n) is 4.84. The highest BCUT2D eigenvalue weighted by molar-refractivity contribution is 5.83. The van der Waals surface area contributed by atoms with Gasteiger partial charge in [0.05, 0.1) is 12.0 Å². The molecule has 1 amide bonds. The number of hydrogen-bond acceptors (Lipinski definition) is 4. The van der Waals surface area contributed by atoms with Gasteiger partial charge < -0.3 is 15.7 Å². The molecule has 5 heteroatoms. The summed E-state index contributed by atoms with van der Waals surface area (Å²) in [4.78, 5) is 16.9. The summed E-state index contributed by atoms with van der Waals surface area (Å²) in [6.45, 7) is 6.19. The Hall–Kier alpha value is -0.650. The van der Waals surface area contributed by atoms with Crippen LogP contribution in [0.2, 0.25) is 0 Å². The van der Waals surface area contributed by atoms with Gasteiger partial charge in [-0.05, 0) is 19.8 Å². The van der Waals surface area contributed by atoms with Gasteiger partial charge in [0.2, 0.25) is 5.91 Å². The van der Waals surface area contributed by atoms with Crippen molar-refractivity contribution in [2.45, 2.75) is 38.6 Å². The van der Waals surface area contributed by atoms with Crippen molar-refractivity contribution in [1.82, 2.24) is 9.80 Å². The van der Waals surface area contributed by atoms with Crippen molar-refractivity contribution in [2.75, 3.05) is 39.3 Å². The first-order valence-electron chi connectivity index (χ1n) is 7.46. The average molecular weight is 269 g/mol. The van der Waals surface area contributed by atoms with Gasteiger partial charge in [-0.15, -0.1) is 0 Å². The van der Waals surface area contributed by atoms with E-state index in [0.29, 0.717) is 6.54 Å². The predicted octanol–water partition coefficient (Wildman–Crippen LogP) is 0.0305. The molecule has 110 valence electrons. The van der Waals surface area contributed by atoms with Crippen LogP contribution in [0.3, 0.4) is 0 Å². The van der Waals surface area contributed by atoms with Crippen LogP contribution >= 0.6 is 0 Å². The zero-order chi connectivity index (χ0) is 13.9. The Morgan fingerprint density at radius 3 is 2.58 bits per heavy atom. The van der Waals surface area contributed by atoms with E-state index in [9.17, 15) is 4.79 Å². The number of nitrogens with zero attached hydrogens (tertiary/aromatic N) is 2. The van der Waals surface area contributed by atoms with E-state index in [2.05, 4.69) is 4.90 Å². The fourth-order valence-corrected chi connectivity index (χ4v) is 3.30. The van der Waals surface area contributed by atoms with Crippen LogP contribution in [0.25, 0.3) is 0 Å². The highest BCUT2D eigenvalue weighted by Gasteiger charge is 2.43. The second-order valence-corrected chi connectivity index (χ2v) is 6.13. The van der Waals surface area contributed by atoms with Crippen molar-refractivity contribution in [3.8, 4) is 0 Å².